The van der Waals surface area contributed by atoms with Crippen LogP contribution in [0.25, 0.3) is 0 Å². The summed E-state index contributed by atoms with van der Waals surface area (Å²) in [5.41, 5.74) is 6.44. The Morgan fingerprint density at radius 1 is 1.05 bits per heavy atom. The number of anilines is 1. The number of aryl methyl sites for hydroxylation is 2. The number of hydrazone groups is 1. The third-order valence-corrected chi connectivity index (χ3v) is 7.06. The van der Waals surface area contributed by atoms with Gasteiger partial charge in [0.15, 0.2) is 0 Å². The van der Waals surface area contributed by atoms with Crippen molar-refractivity contribution in [3.63, 3.8) is 0 Å². The molecule has 1 aromatic heterocycles. The van der Waals surface area contributed by atoms with Gasteiger partial charge in [-0.15, -0.1) is 11.3 Å². The summed E-state index contributed by atoms with van der Waals surface area (Å²) >= 11 is 1.32. The number of thiophene rings is 1. The van der Waals surface area contributed by atoms with E-state index in [0.717, 1.165) is 41.7 Å². The average Bonchev–Trinajstić information content (AvgIpc) is 3.26. The summed E-state index contributed by atoms with van der Waals surface area (Å²) in [5.74, 6) is -1.68. The van der Waals surface area contributed by atoms with Crippen LogP contribution in [0.3, 0.4) is 0 Å². The maximum absolute atomic E-state index is 12.5. The molecule has 4 rings (SSSR count). The number of amides is 2. The fraction of sp³-hybridized carbons (Fsp3) is 0.286. The third-order valence-electron chi connectivity index (χ3n) is 5.85. The van der Waals surface area contributed by atoms with Gasteiger partial charge in [0, 0.05) is 4.88 Å². The van der Waals surface area contributed by atoms with E-state index in [1.807, 2.05) is 43.3 Å². The number of benzene rings is 2. The molecule has 1 aliphatic rings. The number of hydrogen-bond acceptors (Lipinski definition) is 7. The normalized spacial score (nSPS) is 12.6. The second-order valence-electron chi connectivity index (χ2n) is 8.64. The van der Waals surface area contributed by atoms with Crippen molar-refractivity contribution >= 4 is 40.3 Å². The monoisotopic (exact) mass is 519 g/mol. The molecule has 0 saturated heterocycles. The quantitative estimate of drug-likeness (QED) is 0.193. The van der Waals surface area contributed by atoms with Crippen molar-refractivity contribution in [2.75, 3.05) is 11.9 Å². The predicted molar refractivity (Wildman–Crippen MR) is 143 cm³/mol. The number of rotatable bonds is 8. The van der Waals surface area contributed by atoms with Gasteiger partial charge in [-0.3, -0.25) is 9.59 Å². The molecule has 0 unspecified atom stereocenters. The Balaban J connectivity index is 1.35. The van der Waals surface area contributed by atoms with E-state index in [4.69, 9.17) is 9.47 Å². The molecule has 1 aliphatic carbocycles. The van der Waals surface area contributed by atoms with Gasteiger partial charge in [0.05, 0.1) is 18.4 Å². The highest BCUT2D eigenvalue weighted by atomic mass is 32.1. The standard InChI is InChI=1S/C28H29N3O5S/c1-3-35-28(34)24-22-9-4-5-10-23(22)37-27(24)30-25(32)26(33)31-29-16-20-7-6-8-21(15-20)36-17-19-13-11-18(2)12-14-19/h6-8,11-16H,3-5,9-10,17H2,1-2H3,(H,30,32)(H,31,33). The minimum atomic E-state index is -0.941. The maximum Gasteiger partial charge on any atom is 0.341 e. The Morgan fingerprint density at radius 2 is 1.84 bits per heavy atom. The molecule has 0 atom stereocenters. The number of carbonyl (C=O) groups is 3. The van der Waals surface area contributed by atoms with Gasteiger partial charge < -0.3 is 14.8 Å². The minimum Gasteiger partial charge on any atom is -0.489 e. The first-order valence-corrected chi connectivity index (χ1v) is 13.0. The lowest BCUT2D eigenvalue weighted by molar-refractivity contribution is -0.136. The number of nitrogens with zero attached hydrogens (tertiary/aromatic N) is 1. The zero-order valence-electron chi connectivity index (χ0n) is 20.8. The van der Waals surface area contributed by atoms with Crippen LogP contribution in [-0.2, 0) is 33.8 Å². The zero-order valence-corrected chi connectivity index (χ0v) is 21.7. The molecule has 3 aromatic rings. The van der Waals surface area contributed by atoms with Crippen LogP contribution >= 0.6 is 11.3 Å². The lowest BCUT2D eigenvalue weighted by atomic mass is 9.95. The Kier molecular flexibility index (Phi) is 8.68. The SMILES string of the molecule is CCOC(=O)c1c(NC(=O)C(=O)NN=Cc2cccc(OCc3ccc(C)cc3)c2)sc2c1CCCC2. The minimum absolute atomic E-state index is 0.226. The van der Waals surface area contributed by atoms with Crippen LogP contribution in [0.4, 0.5) is 5.00 Å². The molecule has 2 amide bonds. The van der Waals surface area contributed by atoms with Crippen molar-refractivity contribution in [3.8, 4) is 5.75 Å². The van der Waals surface area contributed by atoms with Crippen molar-refractivity contribution in [2.45, 2.75) is 46.1 Å². The molecule has 8 nitrogen and oxygen atoms in total. The molecule has 0 aliphatic heterocycles. The van der Waals surface area contributed by atoms with Gasteiger partial charge >= 0.3 is 17.8 Å². The van der Waals surface area contributed by atoms with E-state index in [0.29, 0.717) is 28.5 Å². The van der Waals surface area contributed by atoms with Gasteiger partial charge in [0.25, 0.3) is 0 Å². The maximum atomic E-state index is 12.5. The van der Waals surface area contributed by atoms with Crippen molar-refractivity contribution in [1.29, 1.82) is 0 Å². The van der Waals surface area contributed by atoms with E-state index in [-0.39, 0.29) is 6.61 Å². The molecule has 0 spiro atoms. The summed E-state index contributed by atoms with van der Waals surface area (Å²) in [4.78, 5) is 38.5. The molecule has 2 N–H and O–H groups in total. The largest absolute Gasteiger partial charge is 0.489 e. The molecule has 192 valence electrons. The van der Waals surface area contributed by atoms with Crippen molar-refractivity contribution < 1.29 is 23.9 Å². The number of hydrogen-bond donors (Lipinski definition) is 2. The van der Waals surface area contributed by atoms with Gasteiger partial charge in [-0.1, -0.05) is 42.0 Å². The summed E-state index contributed by atoms with van der Waals surface area (Å²) in [7, 11) is 0. The second-order valence-corrected chi connectivity index (χ2v) is 9.74. The smallest absolute Gasteiger partial charge is 0.341 e. The highest BCUT2D eigenvalue weighted by molar-refractivity contribution is 7.17. The van der Waals surface area contributed by atoms with Crippen LogP contribution in [0.5, 0.6) is 5.75 Å². The Bertz CT molecular complexity index is 1310. The molecule has 37 heavy (non-hydrogen) atoms. The van der Waals surface area contributed by atoms with E-state index in [1.165, 1.54) is 23.1 Å². The summed E-state index contributed by atoms with van der Waals surface area (Å²) in [5, 5.41) is 6.81. The molecular formula is C28H29N3O5S. The van der Waals surface area contributed by atoms with Gasteiger partial charge in [-0.25, -0.2) is 10.2 Å². The van der Waals surface area contributed by atoms with Crippen LogP contribution < -0.4 is 15.5 Å². The summed E-state index contributed by atoms with van der Waals surface area (Å²) in [6.07, 6.45) is 5.01. The predicted octanol–water partition coefficient (Wildman–Crippen LogP) is 4.78. The van der Waals surface area contributed by atoms with Crippen LogP contribution in [0.2, 0.25) is 0 Å². The van der Waals surface area contributed by atoms with Crippen LogP contribution in [0, 0.1) is 6.92 Å². The van der Waals surface area contributed by atoms with Crippen molar-refractivity contribution in [2.24, 2.45) is 5.10 Å². The number of nitrogens with one attached hydrogen (secondary N) is 2. The van der Waals surface area contributed by atoms with Gasteiger partial charge in [0.1, 0.15) is 17.4 Å². The molecule has 2 aromatic carbocycles. The first kappa shape index (κ1) is 26.1. The Morgan fingerprint density at radius 3 is 2.62 bits per heavy atom. The average molecular weight is 520 g/mol. The number of esters is 1. The van der Waals surface area contributed by atoms with Crippen molar-refractivity contribution in [3.05, 3.63) is 81.2 Å². The van der Waals surface area contributed by atoms with Gasteiger partial charge in [-0.2, -0.15) is 5.10 Å². The lowest BCUT2D eigenvalue weighted by Gasteiger charge is -2.12. The van der Waals surface area contributed by atoms with Gasteiger partial charge in [-0.05, 0) is 68.4 Å². The molecule has 0 bridgehead atoms. The highest BCUT2D eigenvalue weighted by Gasteiger charge is 2.28. The molecule has 9 heteroatoms. The van der Waals surface area contributed by atoms with E-state index >= 15 is 0 Å². The molecule has 0 radical (unpaired) electrons. The van der Waals surface area contributed by atoms with Crippen molar-refractivity contribution in [1.82, 2.24) is 5.43 Å². The topological polar surface area (TPSA) is 106 Å². The third kappa shape index (κ3) is 6.83. The molecule has 0 fully saturated rings. The number of ether oxygens (including phenoxy) is 2. The summed E-state index contributed by atoms with van der Waals surface area (Å²) in [6, 6.07) is 15.3. The summed E-state index contributed by atoms with van der Waals surface area (Å²) < 4.78 is 11.0. The number of fused-ring (bicyclic) bond motifs is 1. The van der Waals surface area contributed by atoms with E-state index < -0.39 is 17.8 Å². The Hall–Kier alpha value is -3.98. The Labute approximate surface area is 219 Å². The first-order chi connectivity index (χ1) is 17.9. The zero-order chi connectivity index (χ0) is 26.2. The molecule has 1 heterocycles. The lowest BCUT2D eigenvalue weighted by Crippen LogP contribution is -2.32. The molecular weight excluding hydrogens is 490 g/mol. The van der Waals surface area contributed by atoms with E-state index in [2.05, 4.69) is 15.8 Å². The first-order valence-electron chi connectivity index (χ1n) is 12.2. The van der Waals surface area contributed by atoms with E-state index in [1.54, 1.807) is 19.1 Å². The fourth-order valence-electron chi connectivity index (χ4n) is 3.98. The fourth-order valence-corrected chi connectivity index (χ4v) is 5.26. The van der Waals surface area contributed by atoms with E-state index in [9.17, 15) is 14.4 Å². The number of carbonyl (C=O) groups excluding carboxylic acids is 3. The van der Waals surface area contributed by atoms with Crippen LogP contribution in [0.15, 0.2) is 53.6 Å². The summed E-state index contributed by atoms with van der Waals surface area (Å²) in [6.45, 7) is 4.42. The molecule has 0 saturated carbocycles. The highest BCUT2D eigenvalue weighted by Crippen LogP contribution is 2.38. The second kappa shape index (κ2) is 12.3. The van der Waals surface area contributed by atoms with Gasteiger partial charge in [0.2, 0.25) is 0 Å². The van der Waals surface area contributed by atoms with Crippen LogP contribution in [-0.4, -0.2) is 30.6 Å². The van der Waals surface area contributed by atoms with Crippen LogP contribution in [0.1, 0.15) is 57.3 Å².